The Morgan fingerprint density at radius 3 is 3.17 bits per heavy atom. The molecule has 0 radical (unpaired) electrons. The summed E-state index contributed by atoms with van der Waals surface area (Å²) in [6.45, 7) is 0. The Morgan fingerprint density at radius 1 is 1.58 bits per heavy atom. The molecule has 2 rings (SSSR count). The van der Waals surface area contributed by atoms with E-state index in [4.69, 9.17) is 0 Å². The molecule has 0 saturated carbocycles. The predicted octanol–water partition coefficient (Wildman–Crippen LogP) is 1.30. The average molecular weight is 226 g/mol. The van der Waals surface area contributed by atoms with E-state index in [1.807, 2.05) is 6.07 Å². The SMILES string of the molecule is O=Cc1nc2cc(Br)ccn2n1. The first kappa shape index (κ1) is 7.42. The van der Waals surface area contributed by atoms with Gasteiger partial charge in [0.25, 0.3) is 0 Å². The Labute approximate surface area is 76.4 Å². The van der Waals surface area contributed by atoms with Gasteiger partial charge in [-0.3, -0.25) is 4.79 Å². The molecule has 2 heterocycles. The first-order chi connectivity index (χ1) is 5.79. The highest BCUT2D eigenvalue weighted by molar-refractivity contribution is 9.10. The summed E-state index contributed by atoms with van der Waals surface area (Å²) >= 11 is 3.29. The van der Waals surface area contributed by atoms with Gasteiger partial charge in [-0.1, -0.05) is 15.9 Å². The number of halogens is 1. The number of pyridine rings is 1. The summed E-state index contributed by atoms with van der Waals surface area (Å²) in [5.41, 5.74) is 0.659. The highest BCUT2D eigenvalue weighted by Gasteiger charge is 2.00. The number of carbonyl (C=O) groups excluding carboxylic acids is 1. The molecule has 0 amide bonds. The first-order valence-corrected chi connectivity index (χ1v) is 4.06. The van der Waals surface area contributed by atoms with Crippen LogP contribution in [0.3, 0.4) is 0 Å². The van der Waals surface area contributed by atoms with Crippen molar-refractivity contribution < 1.29 is 4.79 Å². The number of carbonyl (C=O) groups is 1. The molecular weight excluding hydrogens is 222 g/mol. The maximum Gasteiger partial charge on any atom is 0.214 e. The van der Waals surface area contributed by atoms with Crippen molar-refractivity contribution in [2.45, 2.75) is 0 Å². The van der Waals surface area contributed by atoms with Gasteiger partial charge in [-0.25, -0.2) is 9.50 Å². The van der Waals surface area contributed by atoms with Crippen LogP contribution in [-0.2, 0) is 0 Å². The summed E-state index contributed by atoms with van der Waals surface area (Å²) < 4.78 is 2.47. The van der Waals surface area contributed by atoms with Crippen molar-refractivity contribution in [1.29, 1.82) is 0 Å². The topological polar surface area (TPSA) is 47.3 Å². The van der Waals surface area contributed by atoms with Gasteiger partial charge < -0.3 is 0 Å². The second kappa shape index (κ2) is 2.67. The minimum Gasteiger partial charge on any atom is -0.294 e. The molecule has 0 aromatic carbocycles. The van der Waals surface area contributed by atoms with Crippen molar-refractivity contribution in [2.75, 3.05) is 0 Å². The third-order valence-corrected chi connectivity index (χ3v) is 1.91. The number of aromatic nitrogens is 3. The van der Waals surface area contributed by atoms with Gasteiger partial charge in [0.05, 0.1) is 0 Å². The quantitative estimate of drug-likeness (QED) is 0.688. The van der Waals surface area contributed by atoms with Crippen LogP contribution in [0, 0.1) is 0 Å². The molecule has 0 N–H and O–H groups in total. The summed E-state index contributed by atoms with van der Waals surface area (Å²) in [5.74, 6) is 0.202. The third-order valence-electron chi connectivity index (χ3n) is 1.42. The van der Waals surface area contributed by atoms with Crippen LogP contribution in [0.5, 0.6) is 0 Å². The van der Waals surface area contributed by atoms with Gasteiger partial charge in [0, 0.05) is 10.7 Å². The fourth-order valence-corrected chi connectivity index (χ4v) is 1.25. The van der Waals surface area contributed by atoms with E-state index in [1.165, 1.54) is 0 Å². The number of fused-ring (bicyclic) bond motifs is 1. The van der Waals surface area contributed by atoms with Crippen molar-refractivity contribution in [3.63, 3.8) is 0 Å². The van der Waals surface area contributed by atoms with Gasteiger partial charge in [0.1, 0.15) is 0 Å². The zero-order valence-electron chi connectivity index (χ0n) is 5.94. The van der Waals surface area contributed by atoms with Crippen LogP contribution < -0.4 is 0 Å². The molecule has 4 nitrogen and oxygen atoms in total. The molecular formula is C7H4BrN3O. The summed E-state index contributed by atoms with van der Waals surface area (Å²) in [6, 6.07) is 3.62. The fourth-order valence-electron chi connectivity index (χ4n) is 0.924. The lowest BCUT2D eigenvalue weighted by Crippen LogP contribution is -1.86. The molecule has 0 aliphatic carbocycles. The van der Waals surface area contributed by atoms with Crippen molar-refractivity contribution in [3.8, 4) is 0 Å². The highest BCUT2D eigenvalue weighted by atomic mass is 79.9. The second-order valence-corrected chi connectivity index (χ2v) is 3.15. The van der Waals surface area contributed by atoms with Gasteiger partial charge in [-0.05, 0) is 12.1 Å². The minimum absolute atomic E-state index is 0.202. The van der Waals surface area contributed by atoms with E-state index in [-0.39, 0.29) is 5.82 Å². The summed E-state index contributed by atoms with van der Waals surface area (Å²) in [4.78, 5) is 14.3. The van der Waals surface area contributed by atoms with E-state index in [1.54, 1.807) is 16.8 Å². The van der Waals surface area contributed by atoms with E-state index in [0.29, 0.717) is 11.9 Å². The van der Waals surface area contributed by atoms with Crippen LogP contribution in [0.2, 0.25) is 0 Å². The fraction of sp³-hybridized carbons (Fsp3) is 0. The minimum atomic E-state index is 0.202. The van der Waals surface area contributed by atoms with Gasteiger partial charge in [-0.2, -0.15) is 0 Å². The number of hydrogen-bond donors (Lipinski definition) is 0. The van der Waals surface area contributed by atoms with Crippen molar-refractivity contribution in [2.24, 2.45) is 0 Å². The van der Waals surface area contributed by atoms with Crippen LogP contribution >= 0.6 is 15.9 Å². The molecule has 0 spiro atoms. The lowest BCUT2D eigenvalue weighted by Gasteiger charge is -1.89. The number of rotatable bonds is 1. The van der Waals surface area contributed by atoms with Crippen molar-refractivity contribution in [3.05, 3.63) is 28.6 Å². The zero-order chi connectivity index (χ0) is 8.55. The van der Waals surface area contributed by atoms with Crippen molar-refractivity contribution in [1.82, 2.24) is 14.6 Å². The standard InChI is InChI=1S/C7H4BrN3O/c8-5-1-2-11-7(3-5)9-6(4-12)10-11/h1-4H. The van der Waals surface area contributed by atoms with Crippen LogP contribution in [0.1, 0.15) is 10.6 Å². The van der Waals surface area contributed by atoms with E-state index in [2.05, 4.69) is 26.0 Å². The number of aldehydes is 1. The molecule has 2 aromatic rings. The molecule has 5 heteroatoms. The smallest absolute Gasteiger partial charge is 0.214 e. The Hall–Kier alpha value is -1.23. The Morgan fingerprint density at radius 2 is 2.42 bits per heavy atom. The Kier molecular flexibility index (Phi) is 1.65. The van der Waals surface area contributed by atoms with Crippen LogP contribution in [-0.4, -0.2) is 20.9 Å². The van der Waals surface area contributed by atoms with Crippen LogP contribution in [0.4, 0.5) is 0 Å². The second-order valence-electron chi connectivity index (χ2n) is 2.24. The lowest BCUT2D eigenvalue weighted by atomic mass is 10.5. The molecule has 0 fully saturated rings. The maximum absolute atomic E-state index is 10.3. The normalized spacial score (nSPS) is 10.4. The molecule has 0 aliphatic heterocycles. The monoisotopic (exact) mass is 225 g/mol. The molecule has 60 valence electrons. The van der Waals surface area contributed by atoms with Gasteiger partial charge in [0.2, 0.25) is 5.82 Å². The van der Waals surface area contributed by atoms with Crippen LogP contribution in [0.25, 0.3) is 5.65 Å². The Balaban J connectivity index is 2.75. The largest absolute Gasteiger partial charge is 0.294 e. The summed E-state index contributed by atoms with van der Waals surface area (Å²) in [5, 5.41) is 3.89. The number of nitrogens with zero attached hydrogens (tertiary/aromatic N) is 3. The van der Waals surface area contributed by atoms with Crippen molar-refractivity contribution >= 4 is 27.9 Å². The summed E-state index contributed by atoms with van der Waals surface area (Å²) in [6.07, 6.45) is 2.36. The van der Waals surface area contributed by atoms with Gasteiger partial charge >= 0.3 is 0 Å². The molecule has 0 bridgehead atoms. The molecule has 2 aromatic heterocycles. The van der Waals surface area contributed by atoms with E-state index >= 15 is 0 Å². The molecule has 0 unspecified atom stereocenters. The predicted molar refractivity (Wildman–Crippen MR) is 46.1 cm³/mol. The van der Waals surface area contributed by atoms with Gasteiger partial charge in [-0.15, -0.1) is 5.10 Å². The molecule has 0 aliphatic rings. The average Bonchev–Trinajstić information content (AvgIpc) is 2.46. The zero-order valence-corrected chi connectivity index (χ0v) is 7.52. The number of hydrogen-bond acceptors (Lipinski definition) is 3. The highest BCUT2D eigenvalue weighted by Crippen LogP contribution is 2.10. The Bertz CT molecular complexity index is 437. The van der Waals surface area contributed by atoms with Gasteiger partial charge in [0.15, 0.2) is 11.9 Å². The van der Waals surface area contributed by atoms with E-state index in [9.17, 15) is 4.79 Å². The first-order valence-electron chi connectivity index (χ1n) is 3.27. The molecule has 0 saturated heterocycles. The molecule has 12 heavy (non-hydrogen) atoms. The van der Waals surface area contributed by atoms with Crippen LogP contribution in [0.15, 0.2) is 22.8 Å². The third kappa shape index (κ3) is 1.12. The molecule has 0 atom stereocenters. The maximum atomic E-state index is 10.3. The van der Waals surface area contributed by atoms with E-state index < -0.39 is 0 Å². The lowest BCUT2D eigenvalue weighted by molar-refractivity contribution is 0.111. The summed E-state index contributed by atoms with van der Waals surface area (Å²) in [7, 11) is 0. The van der Waals surface area contributed by atoms with E-state index in [0.717, 1.165) is 4.47 Å².